The Labute approximate surface area is 95.3 Å². The number of hydrazine groups is 1. The van der Waals surface area contributed by atoms with Crippen LogP contribution in [0.2, 0.25) is 0 Å². The lowest BCUT2D eigenvalue weighted by molar-refractivity contribution is -0.145. The van der Waals surface area contributed by atoms with Crippen molar-refractivity contribution in [1.82, 2.24) is 5.01 Å². The first kappa shape index (κ1) is 14.7. The largest absolute Gasteiger partial charge is 0.480 e. The molecule has 0 rings (SSSR count). The molecule has 0 unspecified atom stereocenters. The van der Waals surface area contributed by atoms with Crippen molar-refractivity contribution in [2.24, 2.45) is 11.8 Å². The molecule has 1 atom stereocenters. The second kappa shape index (κ2) is 5.16. The zero-order chi connectivity index (χ0) is 13.1. The number of hydrogen-bond donors (Lipinski definition) is 2. The molecular formula is C10H20N2O4. The molecule has 6 nitrogen and oxygen atoms in total. The first-order valence-corrected chi connectivity index (χ1v) is 5.06. The molecule has 0 saturated heterocycles. The van der Waals surface area contributed by atoms with Gasteiger partial charge in [0.25, 0.3) is 0 Å². The van der Waals surface area contributed by atoms with Crippen molar-refractivity contribution < 1.29 is 19.4 Å². The summed E-state index contributed by atoms with van der Waals surface area (Å²) in [7, 11) is 0. The van der Waals surface area contributed by atoms with Crippen LogP contribution < -0.4 is 5.84 Å². The Morgan fingerprint density at radius 3 is 2.00 bits per heavy atom. The van der Waals surface area contributed by atoms with Gasteiger partial charge in [0.15, 0.2) is 6.04 Å². The summed E-state index contributed by atoms with van der Waals surface area (Å²) in [5.41, 5.74) is -0.700. The number of nitrogens with two attached hydrogens (primary N) is 1. The van der Waals surface area contributed by atoms with Gasteiger partial charge in [0.1, 0.15) is 5.60 Å². The fourth-order valence-electron chi connectivity index (χ4n) is 1.15. The molecule has 0 heterocycles. The lowest BCUT2D eigenvalue weighted by Crippen LogP contribution is -2.53. The van der Waals surface area contributed by atoms with Crippen LogP contribution in [0.15, 0.2) is 0 Å². The predicted octanol–water partition coefficient (Wildman–Crippen LogP) is 1.21. The Bertz CT molecular complexity index is 270. The van der Waals surface area contributed by atoms with Crippen LogP contribution in [0.1, 0.15) is 34.6 Å². The zero-order valence-corrected chi connectivity index (χ0v) is 10.4. The number of rotatable bonds is 3. The predicted molar refractivity (Wildman–Crippen MR) is 58.5 cm³/mol. The van der Waals surface area contributed by atoms with Crippen molar-refractivity contribution in [2.45, 2.75) is 46.3 Å². The monoisotopic (exact) mass is 232 g/mol. The fourth-order valence-corrected chi connectivity index (χ4v) is 1.15. The lowest BCUT2D eigenvalue weighted by Gasteiger charge is -2.29. The Hall–Kier alpha value is -1.30. The molecule has 16 heavy (non-hydrogen) atoms. The van der Waals surface area contributed by atoms with E-state index in [1.807, 2.05) is 0 Å². The van der Waals surface area contributed by atoms with Gasteiger partial charge in [0.2, 0.25) is 0 Å². The van der Waals surface area contributed by atoms with E-state index in [-0.39, 0.29) is 5.92 Å². The minimum Gasteiger partial charge on any atom is -0.480 e. The van der Waals surface area contributed by atoms with E-state index in [0.717, 1.165) is 0 Å². The summed E-state index contributed by atoms with van der Waals surface area (Å²) in [5, 5.41) is 9.56. The first-order valence-electron chi connectivity index (χ1n) is 5.06. The molecule has 94 valence electrons. The van der Waals surface area contributed by atoms with Crippen molar-refractivity contribution in [3.05, 3.63) is 0 Å². The molecule has 0 aromatic rings. The second-order valence-corrected chi connectivity index (χ2v) is 4.91. The number of carboxylic acid groups (broad SMARTS) is 1. The van der Waals surface area contributed by atoms with E-state index in [1.165, 1.54) is 0 Å². The Morgan fingerprint density at radius 2 is 1.75 bits per heavy atom. The third-order valence-corrected chi connectivity index (χ3v) is 1.79. The number of carbonyl (C=O) groups is 2. The SMILES string of the molecule is CC(C)[C@H](C(=O)O)N(N)C(=O)OC(C)(C)C. The van der Waals surface area contributed by atoms with Crippen LogP contribution in [-0.4, -0.2) is 33.8 Å². The van der Waals surface area contributed by atoms with Crippen molar-refractivity contribution in [2.75, 3.05) is 0 Å². The number of hydrogen-bond acceptors (Lipinski definition) is 4. The van der Waals surface area contributed by atoms with Crippen molar-refractivity contribution in [3.63, 3.8) is 0 Å². The van der Waals surface area contributed by atoms with Crippen LogP contribution in [0.5, 0.6) is 0 Å². The van der Waals surface area contributed by atoms with Gasteiger partial charge >= 0.3 is 12.1 Å². The normalized spacial score (nSPS) is 13.4. The third-order valence-electron chi connectivity index (χ3n) is 1.79. The van der Waals surface area contributed by atoms with Crippen LogP contribution in [0.25, 0.3) is 0 Å². The first-order chi connectivity index (χ1) is 7.06. The molecule has 0 aromatic carbocycles. The average Bonchev–Trinajstić information content (AvgIpc) is 1.98. The highest BCUT2D eigenvalue weighted by molar-refractivity contribution is 5.79. The smallest absolute Gasteiger partial charge is 0.425 e. The number of carbonyl (C=O) groups excluding carboxylic acids is 1. The molecule has 1 amide bonds. The van der Waals surface area contributed by atoms with E-state index in [2.05, 4.69) is 0 Å². The number of amides is 1. The van der Waals surface area contributed by atoms with Gasteiger partial charge in [-0.1, -0.05) is 13.8 Å². The van der Waals surface area contributed by atoms with Crippen molar-refractivity contribution in [3.8, 4) is 0 Å². The number of ether oxygens (including phenoxy) is 1. The molecule has 0 aliphatic heterocycles. The maximum absolute atomic E-state index is 11.5. The maximum atomic E-state index is 11.5. The van der Waals surface area contributed by atoms with Gasteiger partial charge in [0, 0.05) is 0 Å². The Kier molecular flexibility index (Phi) is 4.74. The summed E-state index contributed by atoms with van der Waals surface area (Å²) >= 11 is 0. The third kappa shape index (κ3) is 4.48. The summed E-state index contributed by atoms with van der Waals surface area (Å²) in [6, 6.07) is -1.09. The quantitative estimate of drug-likeness (QED) is 0.433. The van der Waals surface area contributed by atoms with E-state index in [4.69, 9.17) is 15.7 Å². The second-order valence-electron chi connectivity index (χ2n) is 4.91. The highest BCUT2D eigenvalue weighted by Crippen LogP contribution is 2.13. The summed E-state index contributed by atoms with van der Waals surface area (Å²) in [5.74, 6) is 4.00. The van der Waals surface area contributed by atoms with E-state index < -0.39 is 23.7 Å². The molecule has 0 fully saturated rings. The van der Waals surface area contributed by atoms with Crippen molar-refractivity contribution in [1.29, 1.82) is 0 Å². The summed E-state index contributed by atoms with van der Waals surface area (Å²) in [6.45, 7) is 8.39. The van der Waals surface area contributed by atoms with Crippen LogP contribution >= 0.6 is 0 Å². The molecule has 3 N–H and O–H groups in total. The topological polar surface area (TPSA) is 92.9 Å². The summed E-state index contributed by atoms with van der Waals surface area (Å²) < 4.78 is 4.98. The zero-order valence-electron chi connectivity index (χ0n) is 10.4. The molecular weight excluding hydrogens is 212 g/mol. The molecule has 0 aromatic heterocycles. The van der Waals surface area contributed by atoms with Gasteiger partial charge in [-0.3, -0.25) is 0 Å². The van der Waals surface area contributed by atoms with Crippen LogP contribution in [0.4, 0.5) is 4.79 Å². The lowest BCUT2D eigenvalue weighted by atomic mass is 10.0. The van der Waals surface area contributed by atoms with E-state index in [1.54, 1.807) is 34.6 Å². The molecule has 6 heteroatoms. The van der Waals surface area contributed by atoms with Crippen LogP contribution in [0, 0.1) is 5.92 Å². The van der Waals surface area contributed by atoms with Crippen LogP contribution in [0.3, 0.4) is 0 Å². The maximum Gasteiger partial charge on any atom is 0.425 e. The fraction of sp³-hybridized carbons (Fsp3) is 0.800. The van der Waals surface area contributed by atoms with E-state index >= 15 is 0 Å². The molecule has 0 radical (unpaired) electrons. The van der Waals surface area contributed by atoms with Gasteiger partial charge in [-0.15, -0.1) is 0 Å². The van der Waals surface area contributed by atoms with Gasteiger partial charge in [-0.2, -0.15) is 0 Å². The van der Waals surface area contributed by atoms with Crippen molar-refractivity contribution >= 4 is 12.1 Å². The van der Waals surface area contributed by atoms with Crippen LogP contribution in [-0.2, 0) is 9.53 Å². The highest BCUT2D eigenvalue weighted by Gasteiger charge is 2.33. The minimum atomic E-state index is -1.15. The van der Waals surface area contributed by atoms with Gasteiger partial charge in [-0.25, -0.2) is 20.4 Å². The molecule has 0 aliphatic carbocycles. The Morgan fingerprint density at radius 1 is 1.31 bits per heavy atom. The van der Waals surface area contributed by atoms with Gasteiger partial charge in [0.05, 0.1) is 0 Å². The minimum absolute atomic E-state index is 0.296. The van der Waals surface area contributed by atoms with E-state index in [9.17, 15) is 9.59 Å². The Balaban J connectivity index is 4.69. The molecule has 0 saturated carbocycles. The number of carboxylic acids is 1. The number of nitrogens with zero attached hydrogens (tertiary/aromatic N) is 1. The summed E-state index contributed by atoms with van der Waals surface area (Å²) in [4.78, 5) is 22.4. The molecule has 0 aliphatic rings. The molecule has 0 spiro atoms. The average molecular weight is 232 g/mol. The molecule has 0 bridgehead atoms. The van der Waals surface area contributed by atoms with Gasteiger partial charge in [-0.05, 0) is 26.7 Å². The highest BCUT2D eigenvalue weighted by atomic mass is 16.6. The summed E-state index contributed by atoms with van der Waals surface area (Å²) in [6.07, 6.45) is -0.839. The standard InChI is InChI=1S/C10H20N2O4/c1-6(2)7(8(13)14)12(11)9(15)16-10(3,4)5/h6-7H,11H2,1-5H3,(H,13,14)/t7-/m1/s1. The van der Waals surface area contributed by atoms with E-state index in [0.29, 0.717) is 5.01 Å². The number of aliphatic carboxylic acids is 1. The van der Waals surface area contributed by atoms with Gasteiger partial charge < -0.3 is 9.84 Å².